The number of benzene rings is 3. The minimum atomic E-state index is -0.712. The van der Waals surface area contributed by atoms with Gasteiger partial charge in [-0.15, -0.1) is 0 Å². The fraction of sp³-hybridized carbons (Fsp3) is 0.415. The van der Waals surface area contributed by atoms with Gasteiger partial charge in [0.05, 0.1) is 43.0 Å². The number of aromatic amines is 2. The van der Waals surface area contributed by atoms with E-state index in [9.17, 15) is 9.59 Å². The van der Waals surface area contributed by atoms with Crippen molar-refractivity contribution in [2.75, 3.05) is 20.2 Å². The first-order valence-electron chi connectivity index (χ1n) is 18.2. The molecule has 0 radical (unpaired) electrons. The standard InChI is InChI=1S/C41H49N7O3/c1-7-48(39(49)35(24(2)3)47-40(50)51-6)36(25(4)5)38-43-21-33(46-38)27-10-8-26(9-11-27)28-12-13-30-19-31(15-14-29(30)18-28)34-22-42-37(45-34)32-20-41(16-17-41)23-44-32/h8-15,18-19,21-22,24-25,32,35-36,44H,7,16-17,20,23H2,1-6H3,(H,42,45)(H,43,46)(H,47,50)/t32-,35-,36-/m0/s1. The Morgan fingerprint density at radius 3 is 2.12 bits per heavy atom. The SMILES string of the molecule is CCN(C(=O)[C@@H](NC(=O)OC)C(C)C)[C@H](c1ncc(-c2ccc(-c3ccc4cc(-c5cnc([C@@H]6CC7(CC7)CN6)[nH]5)ccc4c3)cc2)[nH]1)C(C)C. The minimum absolute atomic E-state index is 0.0752. The minimum Gasteiger partial charge on any atom is -0.453 e. The van der Waals surface area contributed by atoms with Gasteiger partial charge in [0, 0.05) is 18.7 Å². The Bertz CT molecular complexity index is 2020. The number of hydrogen-bond donors (Lipinski definition) is 4. The van der Waals surface area contributed by atoms with Crippen molar-refractivity contribution >= 4 is 22.8 Å². The molecular formula is C41H49N7O3. The van der Waals surface area contributed by atoms with Gasteiger partial charge in [-0.2, -0.15) is 0 Å². The predicted molar refractivity (Wildman–Crippen MR) is 201 cm³/mol. The van der Waals surface area contributed by atoms with Crippen molar-refractivity contribution in [2.24, 2.45) is 17.3 Å². The normalized spacial score (nSPS) is 17.6. The van der Waals surface area contributed by atoms with Crippen LogP contribution in [0.3, 0.4) is 0 Å². The maximum Gasteiger partial charge on any atom is 0.407 e. The first kappa shape index (κ1) is 34.5. The summed E-state index contributed by atoms with van der Waals surface area (Å²) >= 11 is 0. The van der Waals surface area contributed by atoms with Gasteiger partial charge in [0.1, 0.15) is 17.7 Å². The number of carbonyl (C=O) groups excluding carboxylic acids is 2. The lowest BCUT2D eigenvalue weighted by atomic mass is 9.97. The van der Waals surface area contributed by atoms with Gasteiger partial charge >= 0.3 is 6.09 Å². The molecule has 51 heavy (non-hydrogen) atoms. The Hall–Kier alpha value is -4.96. The smallest absolute Gasteiger partial charge is 0.407 e. The van der Waals surface area contributed by atoms with Crippen molar-refractivity contribution in [2.45, 2.75) is 72.0 Å². The molecular weight excluding hydrogens is 638 g/mol. The summed E-state index contributed by atoms with van der Waals surface area (Å²) in [6.07, 6.45) is 7.03. The second kappa shape index (κ2) is 14.0. The Kier molecular flexibility index (Phi) is 9.46. The number of carbonyl (C=O) groups is 2. The summed E-state index contributed by atoms with van der Waals surface area (Å²) in [5, 5.41) is 8.75. The molecule has 4 N–H and O–H groups in total. The van der Waals surface area contributed by atoms with Gasteiger partial charge in [-0.05, 0) is 83.0 Å². The predicted octanol–water partition coefficient (Wildman–Crippen LogP) is 8.03. The summed E-state index contributed by atoms with van der Waals surface area (Å²) in [6, 6.07) is 21.0. The van der Waals surface area contributed by atoms with Crippen LogP contribution in [0.4, 0.5) is 4.79 Å². The van der Waals surface area contributed by atoms with E-state index in [1.807, 2.05) is 33.2 Å². The van der Waals surface area contributed by atoms with Crippen LogP contribution in [0.2, 0.25) is 0 Å². The van der Waals surface area contributed by atoms with Gasteiger partial charge in [-0.3, -0.25) is 4.79 Å². The lowest BCUT2D eigenvalue weighted by Crippen LogP contribution is -2.52. The summed E-state index contributed by atoms with van der Waals surface area (Å²) in [5.74, 6) is 1.55. The molecule has 1 aliphatic carbocycles. The molecule has 1 spiro atoms. The largest absolute Gasteiger partial charge is 0.453 e. The number of ether oxygens (including phenoxy) is 1. The van der Waals surface area contributed by atoms with Crippen molar-refractivity contribution in [3.05, 3.63) is 84.7 Å². The van der Waals surface area contributed by atoms with E-state index >= 15 is 0 Å². The summed E-state index contributed by atoms with van der Waals surface area (Å²) in [5.41, 5.74) is 6.88. The van der Waals surface area contributed by atoms with Crippen molar-refractivity contribution in [1.29, 1.82) is 0 Å². The molecule has 2 aromatic heterocycles. The molecule has 0 unspecified atom stereocenters. The number of likely N-dealkylation sites (N-methyl/N-ethyl adjacent to an activating group) is 1. The quantitative estimate of drug-likeness (QED) is 0.111. The van der Waals surface area contributed by atoms with Crippen molar-refractivity contribution in [1.82, 2.24) is 35.5 Å². The maximum absolute atomic E-state index is 13.8. The third-order valence-corrected chi connectivity index (χ3v) is 10.8. The number of aromatic nitrogens is 4. The van der Waals surface area contributed by atoms with Gasteiger partial charge in [0.2, 0.25) is 5.91 Å². The van der Waals surface area contributed by atoms with Crippen LogP contribution in [0.15, 0.2) is 73.1 Å². The summed E-state index contributed by atoms with van der Waals surface area (Å²) in [6.45, 7) is 11.5. The number of methoxy groups -OCH3 is 1. The highest BCUT2D eigenvalue weighted by Gasteiger charge is 2.49. The van der Waals surface area contributed by atoms with E-state index in [-0.39, 0.29) is 23.8 Å². The molecule has 3 atom stereocenters. The first-order valence-corrected chi connectivity index (χ1v) is 18.2. The average Bonchev–Trinajstić information content (AvgIpc) is 3.48. The Morgan fingerprint density at radius 2 is 1.49 bits per heavy atom. The van der Waals surface area contributed by atoms with Crippen LogP contribution in [0.25, 0.3) is 44.4 Å². The number of imidazole rings is 2. The van der Waals surface area contributed by atoms with E-state index in [1.54, 1.807) is 4.90 Å². The number of hydrogen-bond acceptors (Lipinski definition) is 6. The van der Waals surface area contributed by atoms with Crippen LogP contribution in [0, 0.1) is 17.3 Å². The highest BCUT2D eigenvalue weighted by atomic mass is 16.5. The number of amides is 2. The molecule has 3 aromatic carbocycles. The number of fused-ring (bicyclic) bond motifs is 1. The maximum atomic E-state index is 13.8. The lowest BCUT2D eigenvalue weighted by molar-refractivity contribution is -0.138. The molecule has 1 saturated heterocycles. The van der Waals surface area contributed by atoms with E-state index in [0.717, 1.165) is 46.0 Å². The third kappa shape index (κ3) is 7.02. The van der Waals surface area contributed by atoms with Crippen molar-refractivity contribution in [3.8, 4) is 33.6 Å². The first-order chi connectivity index (χ1) is 24.6. The van der Waals surface area contributed by atoms with Gasteiger partial charge in [-0.25, -0.2) is 14.8 Å². The number of nitrogens with one attached hydrogen (secondary N) is 4. The molecule has 2 amide bonds. The van der Waals surface area contributed by atoms with Gasteiger partial charge in [0.15, 0.2) is 0 Å². The number of alkyl carbamates (subject to hydrolysis) is 1. The lowest BCUT2D eigenvalue weighted by Gasteiger charge is -2.36. The molecule has 10 nitrogen and oxygen atoms in total. The zero-order valence-electron chi connectivity index (χ0n) is 30.4. The van der Waals surface area contributed by atoms with Crippen LogP contribution in [-0.4, -0.2) is 63.1 Å². The topological polar surface area (TPSA) is 128 Å². The highest BCUT2D eigenvalue weighted by molar-refractivity contribution is 5.90. The second-order valence-corrected chi connectivity index (χ2v) is 15.0. The van der Waals surface area contributed by atoms with E-state index in [4.69, 9.17) is 14.7 Å². The molecule has 10 heteroatoms. The van der Waals surface area contributed by atoms with Crippen LogP contribution in [0.1, 0.15) is 77.6 Å². The fourth-order valence-electron chi connectivity index (χ4n) is 7.59. The average molecular weight is 688 g/mol. The molecule has 2 fully saturated rings. The number of H-pyrrole nitrogens is 2. The summed E-state index contributed by atoms with van der Waals surface area (Å²) < 4.78 is 4.79. The van der Waals surface area contributed by atoms with Crippen LogP contribution < -0.4 is 10.6 Å². The van der Waals surface area contributed by atoms with E-state index in [2.05, 4.69) is 95.1 Å². The molecule has 266 valence electrons. The van der Waals surface area contributed by atoms with Crippen LogP contribution in [0.5, 0.6) is 0 Å². The summed E-state index contributed by atoms with van der Waals surface area (Å²) in [7, 11) is 1.30. The molecule has 2 aliphatic rings. The van der Waals surface area contributed by atoms with Crippen molar-refractivity contribution in [3.63, 3.8) is 0 Å². The zero-order chi connectivity index (χ0) is 35.9. The number of rotatable bonds is 11. The Labute approximate surface area is 299 Å². The van der Waals surface area contributed by atoms with E-state index in [0.29, 0.717) is 23.8 Å². The van der Waals surface area contributed by atoms with Crippen LogP contribution >= 0.6 is 0 Å². The monoisotopic (exact) mass is 687 g/mol. The Morgan fingerprint density at radius 1 is 0.863 bits per heavy atom. The molecule has 5 aromatic rings. The third-order valence-electron chi connectivity index (χ3n) is 10.8. The number of nitrogens with zero attached hydrogens (tertiary/aromatic N) is 3. The van der Waals surface area contributed by atoms with Gasteiger partial charge in [-0.1, -0.05) is 76.2 Å². The zero-order valence-corrected chi connectivity index (χ0v) is 30.4. The molecule has 1 saturated carbocycles. The molecule has 3 heterocycles. The molecule has 1 aliphatic heterocycles. The van der Waals surface area contributed by atoms with E-state index < -0.39 is 12.1 Å². The molecule has 0 bridgehead atoms. The highest BCUT2D eigenvalue weighted by Crippen LogP contribution is 2.54. The van der Waals surface area contributed by atoms with Gasteiger partial charge in [0.25, 0.3) is 0 Å². The second-order valence-electron chi connectivity index (χ2n) is 15.0. The van der Waals surface area contributed by atoms with Gasteiger partial charge < -0.3 is 30.2 Å². The fourth-order valence-corrected chi connectivity index (χ4v) is 7.59. The van der Waals surface area contributed by atoms with Crippen molar-refractivity contribution < 1.29 is 14.3 Å². The Balaban J connectivity index is 1.06. The van der Waals surface area contributed by atoms with E-state index in [1.165, 1.54) is 37.1 Å². The van der Waals surface area contributed by atoms with Crippen LogP contribution in [-0.2, 0) is 9.53 Å². The molecule has 7 rings (SSSR count). The summed E-state index contributed by atoms with van der Waals surface area (Å²) in [4.78, 5) is 44.2.